The van der Waals surface area contributed by atoms with Crippen LogP contribution in [0.3, 0.4) is 0 Å². The highest BCUT2D eigenvalue weighted by molar-refractivity contribution is 5.20. The highest BCUT2D eigenvalue weighted by atomic mass is 15.3. The van der Waals surface area contributed by atoms with E-state index in [1.807, 2.05) is 12.4 Å². The second kappa shape index (κ2) is 6.83. The molecule has 21 heavy (non-hydrogen) atoms. The first-order chi connectivity index (χ1) is 10.3. The maximum Gasteiger partial charge on any atom is 0.127 e. The Morgan fingerprint density at radius 2 is 1.24 bits per heavy atom. The SMILES string of the molecule is Cc1ccc(C[NH+]2CC[NH+](Cc3ccncc3)CC2)cc1. The fraction of sp³-hybridized carbons (Fsp3) is 0.389. The summed E-state index contributed by atoms with van der Waals surface area (Å²) in [4.78, 5) is 7.51. The molecule has 0 atom stereocenters. The summed E-state index contributed by atoms with van der Waals surface area (Å²) in [6.07, 6.45) is 3.79. The topological polar surface area (TPSA) is 21.8 Å². The zero-order chi connectivity index (χ0) is 14.5. The van der Waals surface area contributed by atoms with Gasteiger partial charge in [0.1, 0.15) is 39.3 Å². The molecule has 1 aromatic carbocycles. The molecule has 0 bridgehead atoms. The minimum absolute atomic E-state index is 1.14. The minimum Gasteiger partial charge on any atom is -0.322 e. The van der Waals surface area contributed by atoms with Gasteiger partial charge in [-0.05, 0) is 19.1 Å². The summed E-state index contributed by atoms with van der Waals surface area (Å²) in [6, 6.07) is 13.3. The van der Waals surface area contributed by atoms with Crippen molar-refractivity contribution in [2.45, 2.75) is 20.0 Å². The zero-order valence-corrected chi connectivity index (χ0v) is 12.8. The lowest BCUT2D eigenvalue weighted by Crippen LogP contribution is -3.27. The summed E-state index contributed by atoms with van der Waals surface area (Å²) in [5.41, 5.74) is 4.22. The Hall–Kier alpha value is -1.71. The first kappa shape index (κ1) is 14.2. The van der Waals surface area contributed by atoms with Crippen molar-refractivity contribution in [3.8, 4) is 0 Å². The molecule has 1 fully saturated rings. The van der Waals surface area contributed by atoms with Gasteiger partial charge in [-0.3, -0.25) is 4.98 Å². The Morgan fingerprint density at radius 1 is 0.762 bits per heavy atom. The van der Waals surface area contributed by atoms with Crippen LogP contribution in [0.1, 0.15) is 16.7 Å². The van der Waals surface area contributed by atoms with Crippen LogP contribution in [0.25, 0.3) is 0 Å². The van der Waals surface area contributed by atoms with Crippen LogP contribution in [0.4, 0.5) is 0 Å². The van der Waals surface area contributed by atoms with E-state index in [1.54, 1.807) is 9.80 Å². The molecule has 1 aliphatic heterocycles. The van der Waals surface area contributed by atoms with Crippen molar-refractivity contribution >= 4 is 0 Å². The van der Waals surface area contributed by atoms with E-state index in [1.165, 1.54) is 49.4 Å². The van der Waals surface area contributed by atoms with Gasteiger partial charge in [-0.2, -0.15) is 0 Å². The number of rotatable bonds is 4. The third-order valence-corrected chi connectivity index (χ3v) is 4.44. The summed E-state index contributed by atoms with van der Waals surface area (Å²) in [5, 5.41) is 0. The summed E-state index contributed by atoms with van der Waals surface area (Å²) in [5.74, 6) is 0. The van der Waals surface area contributed by atoms with Crippen LogP contribution in [0.5, 0.6) is 0 Å². The molecule has 0 aliphatic carbocycles. The molecule has 1 aliphatic rings. The molecule has 1 saturated heterocycles. The molecule has 2 aromatic rings. The van der Waals surface area contributed by atoms with E-state index >= 15 is 0 Å². The molecular formula is C18H25N3+2. The van der Waals surface area contributed by atoms with Crippen LogP contribution in [-0.4, -0.2) is 31.2 Å². The quantitative estimate of drug-likeness (QED) is 0.802. The summed E-state index contributed by atoms with van der Waals surface area (Å²) >= 11 is 0. The Bertz CT molecular complexity index is 542. The number of aryl methyl sites for hydroxylation is 1. The average Bonchev–Trinajstić information content (AvgIpc) is 2.53. The molecule has 3 rings (SSSR count). The van der Waals surface area contributed by atoms with Gasteiger partial charge in [-0.1, -0.05) is 29.8 Å². The molecule has 2 heterocycles. The second-order valence-electron chi connectivity index (χ2n) is 6.19. The van der Waals surface area contributed by atoms with E-state index in [9.17, 15) is 0 Å². The molecule has 0 spiro atoms. The number of piperazine rings is 1. The largest absolute Gasteiger partial charge is 0.322 e. The summed E-state index contributed by atoms with van der Waals surface area (Å²) in [6.45, 7) is 9.54. The zero-order valence-electron chi connectivity index (χ0n) is 12.8. The predicted octanol–water partition coefficient (Wildman–Crippen LogP) is -0.126. The van der Waals surface area contributed by atoms with Gasteiger partial charge in [0, 0.05) is 23.5 Å². The number of nitrogens with one attached hydrogen (secondary N) is 2. The third kappa shape index (κ3) is 4.13. The Labute approximate surface area is 127 Å². The first-order valence-corrected chi connectivity index (χ1v) is 7.91. The van der Waals surface area contributed by atoms with E-state index in [-0.39, 0.29) is 0 Å². The predicted molar refractivity (Wildman–Crippen MR) is 84.2 cm³/mol. The highest BCUT2D eigenvalue weighted by Crippen LogP contribution is 2.01. The monoisotopic (exact) mass is 283 g/mol. The molecule has 0 radical (unpaired) electrons. The fourth-order valence-corrected chi connectivity index (χ4v) is 3.09. The standard InChI is InChI=1S/C18H23N3/c1-16-2-4-17(5-3-16)14-20-10-12-21(13-11-20)15-18-6-8-19-9-7-18/h2-9H,10-15H2,1H3/p+2. The van der Waals surface area contributed by atoms with Gasteiger partial charge in [0.15, 0.2) is 0 Å². The van der Waals surface area contributed by atoms with Crippen molar-refractivity contribution in [1.29, 1.82) is 0 Å². The van der Waals surface area contributed by atoms with Crippen LogP contribution >= 0.6 is 0 Å². The van der Waals surface area contributed by atoms with Gasteiger partial charge in [0.05, 0.1) is 0 Å². The number of quaternary nitrogens is 2. The van der Waals surface area contributed by atoms with E-state index in [4.69, 9.17) is 0 Å². The molecule has 3 heteroatoms. The van der Waals surface area contributed by atoms with Crippen molar-refractivity contribution in [2.24, 2.45) is 0 Å². The number of hydrogen-bond acceptors (Lipinski definition) is 1. The molecule has 1 aromatic heterocycles. The summed E-state index contributed by atoms with van der Waals surface area (Å²) in [7, 11) is 0. The maximum absolute atomic E-state index is 4.09. The van der Waals surface area contributed by atoms with Gasteiger partial charge in [-0.25, -0.2) is 0 Å². The van der Waals surface area contributed by atoms with Gasteiger partial charge >= 0.3 is 0 Å². The molecular weight excluding hydrogens is 258 g/mol. The normalized spacial score (nSPS) is 22.1. The lowest BCUT2D eigenvalue weighted by atomic mass is 10.1. The van der Waals surface area contributed by atoms with Crippen molar-refractivity contribution < 1.29 is 9.80 Å². The van der Waals surface area contributed by atoms with E-state index in [0.29, 0.717) is 0 Å². The lowest BCUT2D eigenvalue weighted by Gasteiger charge is -2.29. The van der Waals surface area contributed by atoms with Crippen LogP contribution in [-0.2, 0) is 13.1 Å². The van der Waals surface area contributed by atoms with E-state index in [2.05, 4.69) is 48.3 Å². The Kier molecular flexibility index (Phi) is 4.63. The van der Waals surface area contributed by atoms with Crippen molar-refractivity contribution in [3.63, 3.8) is 0 Å². The summed E-state index contributed by atoms with van der Waals surface area (Å²) < 4.78 is 0. The maximum atomic E-state index is 4.09. The average molecular weight is 283 g/mol. The number of aromatic nitrogens is 1. The first-order valence-electron chi connectivity index (χ1n) is 7.91. The lowest BCUT2D eigenvalue weighted by molar-refractivity contribution is -1.02. The van der Waals surface area contributed by atoms with Crippen LogP contribution in [0.15, 0.2) is 48.8 Å². The Balaban J connectivity index is 1.47. The fourth-order valence-electron chi connectivity index (χ4n) is 3.09. The molecule has 0 saturated carbocycles. The molecule has 0 unspecified atom stereocenters. The van der Waals surface area contributed by atoms with Gasteiger partial charge in [0.25, 0.3) is 0 Å². The van der Waals surface area contributed by atoms with Crippen molar-refractivity contribution in [1.82, 2.24) is 4.98 Å². The minimum atomic E-state index is 1.14. The number of benzene rings is 1. The molecule has 110 valence electrons. The van der Waals surface area contributed by atoms with Crippen molar-refractivity contribution in [3.05, 3.63) is 65.5 Å². The van der Waals surface area contributed by atoms with Crippen LogP contribution in [0.2, 0.25) is 0 Å². The number of hydrogen-bond donors (Lipinski definition) is 2. The molecule has 2 N–H and O–H groups in total. The number of pyridine rings is 1. The third-order valence-electron chi connectivity index (χ3n) is 4.44. The second-order valence-corrected chi connectivity index (χ2v) is 6.19. The van der Waals surface area contributed by atoms with E-state index < -0.39 is 0 Å². The molecule has 3 nitrogen and oxygen atoms in total. The van der Waals surface area contributed by atoms with Gasteiger partial charge in [0.2, 0.25) is 0 Å². The van der Waals surface area contributed by atoms with Gasteiger partial charge in [-0.15, -0.1) is 0 Å². The van der Waals surface area contributed by atoms with Crippen LogP contribution in [0, 0.1) is 6.92 Å². The van der Waals surface area contributed by atoms with E-state index in [0.717, 1.165) is 6.54 Å². The van der Waals surface area contributed by atoms with Crippen LogP contribution < -0.4 is 9.80 Å². The Morgan fingerprint density at radius 3 is 1.76 bits per heavy atom. The van der Waals surface area contributed by atoms with Gasteiger partial charge < -0.3 is 9.80 Å². The van der Waals surface area contributed by atoms with Crippen molar-refractivity contribution in [2.75, 3.05) is 26.2 Å². The highest BCUT2D eigenvalue weighted by Gasteiger charge is 2.22. The number of nitrogens with zero attached hydrogens (tertiary/aromatic N) is 1. The smallest absolute Gasteiger partial charge is 0.127 e. The molecule has 0 amide bonds.